The molecule has 0 bridgehead atoms. The molecule has 1 aliphatic heterocycles. The van der Waals surface area contributed by atoms with Crippen molar-refractivity contribution in [3.05, 3.63) is 36.5 Å². The Kier molecular flexibility index (Phi) is 4.90. The third kappa shape index (κ3) is 3.68. The highest BCUT2D eigenvalue weighted by Crippen LogP contribution is 2.29. The van der Waals surface area contributed by atoms with Crippen LogP contribution in [0.15, 0.2) is 46.5 Å². The predicted molar refractivity (Wildman–Crippen MR) is 84.1 cm³/mol. The van der Waals surface area contributed by atoms with Crippen LogP contribution in [-0.2, 0) is 4.74 Å². The Hall–Kier alpha value is -2.14. The highest BCUT2D eigenvalue weighted by atomic mass is 16.5. The minimum absolute atomic E-state index is 0.457. The van der Waals surface area contributed by atoms with Crippen molar-refractivity contribution in [2.45, 2.75) is 6.92 Å². The first-order valence-electron chi connectivity index (χ1n) is 6.60. The summed E-state index contributed by atoms with van der Waals surface area (Å²) in [5.41, 5.74) is 2.73. The lowest BCUT2D eigenvalue weighted by molar-refractivity contribution is 0.123. The van der Waals surface area contributed by atoms with Crippen molar-refractivity contribution in [2.24, 2.45) is 9.98 Å². The molecule has 0 saturated carbocycles. The molecule has 106 valence electrons. The van der Waals surface area contributed by atoms with Crippen LogP contribution in [0, 0.1) is 0 Å². The van der Waals surface area contributed by atoms with Crippen LogP contribution in [0.5, 0.6) is 0 Å². The molecule has 1 heterocycles. The van der Waals surface area contributed by atoms with Gasteiger partial charge in [-0.3, -0.25) is 0 Å². The van der Waals surface area contributed by atoms with Gasteiger partial charge in [-0.25, -0.2) is 9.98 Å². The number of hydrogen-bond acceptors (Lipinski definition) is 3. The van der Waals surface area contributed by atoms with Crippen molar-refractivity contribution in [2.75, 3.05) is 31.2 Å². The summed E-state index contributed by atoms with van der Waals surface area (Å²) in [6.45, 7) is 12.4. The first kappa shape index (κ1) is 14.3. The third-order valence-electron chi connectivity index (χ3n) is 2.93. The number of aliphatic imine (C=N–C) groups is 2. The largest absolute Gasteiger partial charge is 0.378 e. The van der Waals surface area contributed by atoms with Crippen LogP contribution < -0.4 is 10.2 Å². The Morgan fingerprint density at radius 2 is 2.00 bits per heavy atom. The second-order valence-electron chi connectivity index (χ2n) is 4.59. The number of guanidine groups is 1. The molecule has 1 N–H and O–H groups in total. The summed E-state index contributed by atoms with van der Waals surface area (Å²) in [6, 6.07) is 8.00. The zero-order valence-electron chi connectivity index (χ0n) is 11.8. The van der Waals surface area contributed by atoms with Crippen LogP contribution in [0.2, 0.25) is 0 Å². The monoisotopic (exact) mass is 272 g/mol. The molecule has 5 nitrogen and oxygen atoms in total. The van der Waals surface area contributed by atoms with Crippen molar-refractivity contribution >= 4 is 24.1 Å². The Bertz CT molecular complexity index is 518. The summed E-state index contributed by atoms with van der Waals surface area (Å²) < 4.78 is 5.39. The zero-order chi connectivity index (χ0) is 14.4. The predicted octanol–water partition coefficient (Wildman–Crippen LogP) is 2.33. The van der Waals surface area contributed by atoms with E-state index in [0.717, 1.165) is 43.4 Å². The number of para-hydroxylation sites is 2. The van der Waals surface area contributed by atoms with Gasteiger partial charge >= 0.3 is 0 Å². The summed E-state index contributed by atoms with van der Waals surface area (Å²) in [7, 11) is 0. The van der Waals surface area contributed by atoms with Gasteiger partial charge in [0.1, 0.15) is 0 Å². The number of nitrogens with one attached hydrogen (secondary N) is 1. The average molecular weight is 272 g/mol. The quantitative estimate of drug-likeness (QED) is 0.678. The molecule has 1 aliphatic rings. The van der Waals surface area contributed by atoms with Crippen molar-refractivity contribution in [1.82, 2.24) is 5.32 Å². The number of benzene rings is 1. The van der Waals surface area contributed by atoms with Gasteiger partial charge < -0.3 is 15.0 Å². The van der Waals surface area contributed by atoms with E-state index in [-0.39, 0.29) is 0 Å². The average Bonchev–Trinajstić information content (AvgIpc) is 2.47. The van der Waals surface area contributed by atoms with Gasteiger partial charge in [0, 0.05) is 18.8 Å². The molecule has 1 saturated heterocycles. The van der Waals surface area contributed by atoms with E-state index in [1.54, 1.807) is 0 Å². The lowest BCUT2D eigenvalue weighted by Gasteiger charge is -2.29. The number of nitrogens with zero attached hydrogens (tertiary/aromatic N) is 3. The van der Waals surface area contributed by atoms with Gasteiger partial charge in [-0.1, -0.05) is 18.7 Å². The summed E-state index contributed by atoms with van der Waals surface area (Å²) in [6.07, 6.45) is 0. The summed E-state index contributed by atoms with van der Waals surface area (Å²) in [5, 5.41) is 2.99. The molecule has 5 heteroatoms. The fourth-order valence-electron chi connectivity index (χ4n) is 2.04. The van der Waals surface area contributed by atoms with E-state index in [4.69, 9.17) is 4.74 Å². The molecule has 20 heavy (non-hydrogen) atoms. The maximum atomic E-state index is 5.39. The van der Waals surface area contributed by atoms with Crippen molar-refractivity contribution in [1.29, 1.82) is 0 Å². The van der Waals surface area contributed by atoms with Gasteiger partial charge in [0.05, 0.1) is 24.6 Å². The van der Waals surface area contributed by atoms with E-state index in [2.05, 4.69) is 39.6 Å². The van der Waals surface area contributed by atoms with Crippen molar-refractivity contribution < 1.29 is 4.74 Å². The van der Waals surface area contributed by atoms with E-state index in [1.165, 1.54) is 0 Å². The van der Waals surface area contributed by atoms with Crippen LogP contribution in [0.3, 0.4) is 0 Å². The fraction of sp³-hybridized carbons (Fsp3) is 0.333. The Morgan fingerprint density at radius 3 is 2.65 bits per heavy atom. The number of hydrogen-bond donors (Lipinski definition) is 1. The normalized spacial score (nSPS) is 15.8. The first-order chi connectivity index (χ1) is 9.70. The number of allylic oxidation sites excluding steroid dienone is 1. The van der Waals surface area contributed by atoms with Crippen LogP contribution in [0.4, 0.5) is 11.4 Å². The minimum Gasteiger partial charge on any atom is -0.378 e. The standard InChI is InChI=1S/C15H20N4O/c1-12(2)17-15(16-3)18-13-6-4-5-7-14(13)19-8-10-20-11-9-19/h4-7H,1,3,8-11H2,2H3,(H,17,18). The summed E-state index contributed by atoms with van der Waals surface area (Å²) in [5.74, 6) is 0.457. The summed E-state index contributed by atoms with van der Waals surface area (Å²) in [4.78, 5) is 10.7. The van der Waals surface area contributed by atoms with E-state index in [9.17, 15) is 0 Å². The smallest absolute Gasteiger partial charge is 0.226 e. The van der Waals surface area contributed by atoms with Gasteiger partial charge in [0.25, 0.3) is 0 Å². The number of morpholine rings is 1. The number of ether oxygens (including phenoxy) is 1. The number of anilines is 1. The highest BCUT2D eigenvalue weighted by molar-refractivity contribution is 5.89. The Balaban J connectivity index is 2.28. The lowest BCUT2D eigenvalue weighted by Crippen LogP contribution is -2.36. The first-order valence-corrected chi connectivity index (χ1v) is 6.60. The van der Waals surface area contributed by atoms with Crippen LogP contribution in [-0.4, -0.2) is 39.0 Å². The maximum absolute atomic E-state index is 5.39. The van der Waals surface area contributed by atoms with Crippen LogP contribution in [0.1, 0.15) is 6.92 Å². The Labute approximate surface area is 119 Å². The second kappa shape index (κ2) is 6.86. The van der Waals surface area contributed by atoms with Crippen molar-refractivity contribution in [3.8, 4) is 0 Å². The molecule has 2 rings (SSSR count). The Morgan fingerprint density at radius 1 is 1.30 bits per heavy atom. The number of rotatable bonds is 3. The van der Waals surface area contributed by atoms with Crippen molar-refractivity contribution in [3.63, 3.8) is 0 Å². The SMILES string of the molecule is C=NC(=Nc1ccccc1N1CCOCC1)NC(=C)C. The molecule has 0 spiro atoms. The highest BCUT2D eigenvalue weighted by Gasteiger charge is 2.14. The zero-order valence-corrected chi connectivity index (χ0v) is 11.8. The third-order valence-corrected chi connectivity index (χ3v) is 2.93. The van der Waals surface area contributed by atoms with E-state index in [0.29, 0.717) is 5.96 Å². The van der Waals surface area contributed by atoms with E-state index < -0.39 is 0 Å². The molecule has 0 aromatic heterocycles. The molecule has 1 aromatic rings. The molecule has 0 radical (unpaired) electrons. The van der Waals surface area contributed by atoms with E-state index >= 15 is 0 Å². The molecule has 1 aromatic carbocycles. The van der Waals surface area contributed by atoms with Crippen LogP contribution >= 0.6 is 0 Å². The van der Waals surface area contributed by atoms with Gasteiger partial charge in [-0.15, -0.1) is 0 Å². The second-order valence-corrected chi connectivity index (χ2v) is 4.59. The molecule has 0 unspecified atom stereocenters. The lowest BCUT2D eigenvalue weighted by atomic mass is 10.2. The molecule has 0 amide bonds. The summed E-state index contributed by atoms with van der Waals surface area (Å²) >= 11 is 0. The van der Waals surface area contributed by atoms with Crippen LogP contribution in [0.25, 0.3) is 0 Å². The maximum Gasteiger partial charge on any atom is 0.226 e. The topological polar surface area (TPSA) is 49.2 Å². The molecular weight excluding hydrogens is 252 g/mol. The van der Waals surface area contributed by atoms with Gasteiger partial charge in [0.2, 0.25) is 5.96 Å². The van der Waals surface area contributed by atoms with E-state index in [1.807, 2.05) is 25.1 Å². The molecule has 0 atom stereocenters. The van der Waals surface area contributed by atoms with Gasteiger partial charge in [0.15, 0.2) is 0 Å². The molecule has 0 aliphatic carbocycles. The molecule has 1 fully saturated rings. The molecular formula is C15H20N4O. The minimum atomic E-state index is 0.457. The van der Waals surface area contributed by atoms with Gasteiger partial charge in [-0.05, 0) is 25.8 Å². The van der Waals surface area contributed by atoms with Gasteiger partial charge in [-0.2, -0.15) is 0 Å². The fourth-order valence-corrected chi connectivity index (χ4v) is 2.04.